The van der Waals surface area contributed by atoms with Crippen LogP contribution in [0.1, 0.15) is 57.6 Å². The summed E-state index contributed by atoms with van der Waals surface area (Å²) in [5.41, 5.74) is 0.980. The van der Waals surface area contributed by atoms with E-state index in [0.29, 0.717) is 13.0 Å². The molecule has 2 aliphatic rings. The van der Waals surface area contributed by atoms with Gasteiger partial charge in [0.05, 0.1) is 26.2 Å². The first-order chi connectivity index (χ1) is 13.5. The number of hydrogen-bond donors (Lipinski definition) is 0. The smallest absolute Gasteiger partial charge is 0.228 e. The Morgan fingerprint density at radius 1 is 1.21 bits per heavy atom. The normalized spacial score (nSPS) is 22.2. The predicted octanol–water partition coefficient (Wildman–Crippen LogP) is 3.40. The molecule has 0 aliphatic carbocycles. The summed E-state index contributed by atoms with van der Waals surface area (Å²) in [6.45, 7) is 5.46. The Balaban J connectivity index is 1.80. The fourth-order valence-electron chi connectivity index (χ4n) is 4.67. The van der Waals surface area contributed by atoms with E-state index in [1.807, 2.05) is 28.0 Å². The molecule has 0 spiro atoms. The van der Waals surface area contributed by atoms with Crippen molar-refractivity contribution in [2.45, 2.75) is 58.0 Å². The van der Waals surface area contributed by atoms with Crippen molar-refractivity contribution in [1.29, 1.82) is 0 Å². The van der Waals surface area contributed by atoms with Crippen LogP contribution in [0, 0.1) is 5.92 Å². The van der Waals surface area contributed by atoms with Gasteiger partial charge in [-0.15, -0.1) is 0 Å². The van der Waals surface area contributed by atoms with Crippen LogP contribution >= 0.6 is 0 Å². The monoisotopic (exact) mass is 388 g/mol. The highest BCUT2D eigenvalue weighted by Gasteiger charge is 2.42. The minimum Gasteiger partial charge on any atom is -0.497 e. The van der Waals surface area contributed by atoms with Gasteiger partial charge in [0, 0.05) is 31.1 Å². The van der Waals surface area contributed by atoms with E-state index in [9.17, 15) is 9.59 Å². The van der Waals surface area contributed by atoms with Crippen LogP contribution in [0.4, 0.5) is 0 Å². The molecule has 0 saturated carbocycles. The number of hydrogen-bond acceptors (Lipinski definition) is 4. The highest BCUT2D eigenvalue weighted by atomic mass is 16.5. The number of methoxy groups -OCH3 is 2. The Bertz CT molecular complexity index is 716. The van der Waals surface area contributed by atoms with Crippen molar-refractivity contribution in [3.8, 4) is 11.5 Å². The summed E-state index contributed by atoms with van der Waals surface area (Å²) in [5, 5.41) is 0. The van der Waals surface area contributed by atoms with Crippen molar-refractivity contribution in [3.05, 3.63) is 23.8 Å². The molecule has 2 heterocycles. The largest absolute Gasteiger partial charge is 0.497 e. The molecule has 2 unspecified atom stereocenters. The van der Waals surface area contributed by atoms with Gasteiger partial charge in [0.15, 0.2) is 0 Å². The first-order valence-electron chi connectivity index (χ1n) is 10.4. The van der Waals surface area contributed by atoms with E-state index in [1.54, 1.807) is 14.2 Å². The molecule has 0 radical (unpaired) electrons. The van der Waals surface area contributed by atoms with Crippen LogP contribution in [-0.4, -0.2) is 55.0 Å². The Hall–Kier alpha value is -2.24. The van der Waals surface area contributed by atoms with Gasteiger partial charge < -0.3 is 19.3 Å². The third-order valence-electron chi connectivity index (χ3n) is 6.22. The van der Waals surface area contributed by atoms with Crippen LogP contribution < -0.4 is 9.47 Å². The van der Waals surface area contributed by atoms with Gasteiger partial charge in [-0.2, -0.15) is 0 Å². The second-order valence-corrected chi connectivity index (χ2v) is 7.72. The molecule has 0 aromatic heterocycles. The quantitative estimate of drug-likeness (QED) is 0.718. The minimum absolute atomic E-state index is 0.0325. The lowest BCUT2D eigenvalue weighted by Gasteiger charge is -2.30. The van der Waals surface area contributed by atoms with Crippen LogP contribution in [0.15, 0.2) is 18.2 Å². The zero-order chi connectivity index (χ0) is 20.3. The molecule has 1 aromatic carbocycles. The van der Waals surface area contributed by atoms with Crippen LogP contribution in [-0.2, 0) is 9.59 Å². The SMILES string of the molecule is CCC(CC)N1CC(C(=O)N2CCCC2c2cc(OC)ccc2OC)CC1=O. The lowest BCUT2D eigenvalue weighted by Crippen LogP contribution is -2.39. The summed E-state index contributed by atoms with van der Waals surface area (Å²) in [6.07, 6.45) is 4.03. The molecular weight excluding hydrogens is 356 g/mol. The summed E-state index contributed by atoms with van der Waals surface area (Å²) in [6, 6.07) is 5.93. The second kappa shape index (κ2) is 8.84. The minimum atomic E-state index is -0.245. The van der Waals surface area contributed by atoms with Crippen molar-refractivity contribution in [3.63, 3.8) is 0 Å². The molecule has 0 N–H and O–H groups in total. The van der Waals surface area contributed by atoms with Crippen molar-refractivity contribution in [2.24, 2.45) is 5.92 Å². The maximum absolute atomic E-state index is 13.4. The van der Waals surface area contributed by atoms with Gasteiger partial charge in [0.1, 0.15) is 11.5 Å². The lowest BCUT2D eigenvalue weighted by atomic mass is 10.0. The molecule has 2 fully saturated rings. The molecule has 2 amide bonds. The third kappa shape index (κ3) is 3.82. The summed E-state index contributed by atoms with van der Waals surface area (Å²) < 4.78 is 10.9. The molecule has 2 atom stereocenters. The fourth-order valence-corrected chi connectivity index (χ4v) is 4.67. The predicted molar refractivity (Wildman–Crippen MR) is 107 cm³/mol. The maximum Gasteiger partial charge on any atom is 0.228 e. The zero-order valence-electron chi connectivity index (χ0n) is 17.4. The first kappa shape index (κ1) is 20.5. The lowest BCUT2D eigenvalue weighted by molar-refractivity contribution is -0.136. The summed E-state index contributed by atoms with van der Waals surface area (Å²) in [4.78, 5) is 29.7. The van der Waals surface area contributed by atoms with Gasteiger partial charge in [-0.3, -0.25) is 9.59 Å². The average molecular weight is 389 g/mol. The van der Waals surface area contributed by atoms with E-state index in [-0.39, 0.29) is 29.8 Å². The highest BCUT2D eigenvalue weighted by molar-refractivity contribution is 5.89. The van der Waals surface area contributed by atoms with Gasteiger partial charge >= 0.3 is 0 Å². The van der Waals surface area contributed by atoms with E-state index in [0.717, 1.165) is 49.3 Å². The van der Waals surface area contributed by atoms with E-state index >= 15 is 0 Å². The van der Waals surface area contributed by atoms with Crippen LogP contribution in [0.3, 0.4) is 0 Å². The van der Waals surface area contributed by atoms with Gasteiger partial charge in [-0.25, -0.2) is 0 Å². The van der Waals surface area contributed by atoms with E-state index in [2.05, 4.69) is 13.8 Å². The molecular formula is C22H32N2O4. The second-order valence-electron chi connectivity index (χ2n) is 7.72. The van der Waals surface area contributed by atoms with Crippen molar-refractivity contribution < 1.29 is 19.1 Å². The fraction of sp³-hybridized carbons (Fsp3) is 0.636. The standard InChI is InChI=1S/C22H32N2O4/c1-5-16(6-2)24-14-15(12-21(24)25)22(26)23-11-7-8-19(23)18-13-17(27-3)9-10-20(18)28-4/h9-10,13,15-16,19H,5-8,11-12,14H2,1-4H3. The number of likely N-dealkylation sites (tertiary alicyclic amines) is 2. The molecule has 0 bridgehead atoms. The summed E-state index contributed by atoms with van der Waals surface area (Å²) in [7, 11) is 3.29. The van der Waals surface area contributed by atoms with E-state index in [4.69, 9.17) is 9.47 Å². The summed E-state index contributed by atoms with van der Waals surface area (Å²) >= 11 is 0. The molecule has 6 heteroatoms. The molecule has 2 aliphatic heterocycles. The molecule has 3 rings (SSSR count). The highest BCUT2D eigenvalue weighted by Crippen LogP contribution is 2.40. The average Bonchev–Trinajstić information content (AvgIpc) is 3.35. The van der Waals surface area contributed by atoms with Gasteiger partial charge in [0.2, 0.25) is 11.8 Å². The van der Waals surface area contributed by atoms with Gasteiger partial charge in [-0.1, -0.05) is 13.8 Å². The van der Waals surface area contributed by atoms with Crippen molar-refractivity contribution >= 4 is 11.8 Å². The van der Waals surface area contributed by atoms with Crippen molar-refractivity contribution in [2.75, 3.05) is 27.3 Å². The number of amides is 2. The maximum atomic E-state index is 13.4. The Morgan fingerprint density at radius 3 is 2.61 bits per heavy atom. The number of rotatable bonds is 7. The first-order valence-corrected chi connectivity index (χ1v) is 10.4. The zero-order valence-corrected chi connectivity index (χ0v) is 17.4. The van der Waals surface area contributed by atoms with Crippen LogP contribution in [0.2, 0.25) is 0 Å². The number of carbonyl (C=O) groups excluding carboxylic acids is 2. The van der Waals surface area contributed by atoms with Crippen molar-refractivity contribution in [1.82, 2.24) is 9.80 Å². The Morgan fingerprint density at radius 2 is 1.96 bits per heavy atom. The van der Waals surface area contributed by atoms with E-state index in [1.165, 1.54) is 0 Å². The Kier molecular flexibility index (Phi) is 6.47. The topological polar surface area (TPSA) is 59.1 Å². The number of ether oxygens (including phenoxy) is 2. The summed E-state index contributed by atoms with van der Waals surface area (Å²) in [5.74, 6) is 1.49. The molecule has 6 nitrogen and oxygen atoms in total. The molecule has 154 valence electrons. The molecule has 1 aromatic rings. The van der Waals surface area contributed by atoms with Crippen LogP contribution in [0.5, 0.6) is 11.5 Å². The number of benzene rings is 1. The molecule has 2 saturated heterocycles. The molecule has 28 heavy (non-hydrogen) atoms. The van der Waals surface area contributed by atoms with Crippen LogP contribution in [0.25, 0.3) is 0 Å². The number of nitrogens with zero attached hydrogens (tertiary/aromatic N) is 2. The van der Waals surface area contributed by atoms with E-state index < -0.39 is 0 Å². The van der Waals surface area contributed by atoms with Gasteiger partial charge in [-0.05, 0) is 43.9 Å². The number of carbonyl (C=O) groups is 2. The third-order valence-corrected chi connectivity index (χ3v) is 6.22. The van der Waals surface area contributed by atoms with Gasteiger partial charge in [0.25, 0.3) is 0 Å². The Labute approximate surface area is 167 Å².